The van der Waals surface area contributed by atoms with Crippen molar-refractivity contribution in [2.45, 2.75) is 50.7 Å². The van der Waals surface area contributed by atoms with Crippen LogP contribution in [0.3, 0.4) is 0 Å². The topological polar surface area (TPSA) is 86.8 Å². The van der Waals surface area contributed by atoms with Gasteiger partial charge in [0.15, 0.2) is 0 Å². The maximum Gasteiger partial charge on any atom is 0.243 e. The standard InChI is InChI=1S/C23H29Cl2N3O4S/c1-5-21(23(30)26-16(2)3)28(14-17-8-6-7-9-20(17)25)22(29)15-27(4)33(31,32)19-12-10-18(24)11-13-19/h6-13,16,21H,5,14-15H2,1-4H3,(H,26,30)/t21-/m0/s1. The third kappa shape index (κ3) is 7.17. The predicted octanol–water partition coefficient (Wildman–Crippen LogP) is 3.95. The number of amides is 2. The van der Waals surface area contributed by atoms with Crippen molar-refractivity contribution in [3.8, 4) is 0 Å². The first-order valence-electron chi connectivity index (χ1n) is 10.5. The molecule has 0 fully saturated rings. The molecule has 2 aromatic carbocycles. The van der Waals surface area contributed by atoms with Crippen molar-refractivity contribution in [2.75, 3.05) is 13.6 Å². The van der Waals surface area contributed by atoms with Crippen LogP contribution in [-0.4, -0.2) is 55.1 Å². The minimum atomic E-state index is -3.94. The van der Waals surface area contributed by atoms with Gasteiger partial charge in [0.25, 0.3) is 0 Å². The van der Waals surface area contributed by atoms with E-state index in [0.717, 1.165) is 4.31 Å². The van der Waals surface area contributed by atoms with Gasteiger partial charge in [-0.2, -0.15) is 4.31 Å². The number of nitrogens with one attached hydrogen (secondary N) is 1. The average molecular weight is 514 g/mol. The summed E-state index contributed by atoms with van der Waals surface area (Å²) < 4.78 is 26.9. The Morgan fingerprint density at radius 3 is 2.18 bits per heavy atom. The molecule has 0 bridgehead atoms. The van der Waals surface area contributed by atoms with Crippen molar-refractivity contribution in [2.24, 2.45) is 0 Å². The third-order valence-electron chi connectivity index (χ3n) is 5.00. The number of rotatable bonds is 10. The van der Waals surface area contributed by atoms with E-state index < -0.39 is 28.5 Å². The van der Waals surface area contributed by atoms with Gasteiger partial charge in [0, 0.05) is 29.7 Å². The average Bonchev–Trinajstić information content (AvgIpc) is 2.74. The van der Waals surface area contributed by atoms with Gasteiger partial charge in [-0.1, -0.05) is 48.3 Å². The highest BCUT2D eigenvalue weighted by Crippen LogP contribution is 2.21. The van der Waals surface area contributed by atoms with Gasteiger partial charge in [0.2, 0.25) is 21.8 Å². The molecule has 1 atom stereocenters. The molecule has 33 heavy (non-hydrogen) atoms. The lowest BCUT2D eigenvalue weighted by atomic mass is 10.1. The van der Waals surface area contributed by atoms with Gasteiger partial charge in [-0.25, -0.2) is 8.42 Å². The molecule has 0 aliphatic carbocycles. The number of hydrogen-bond donors (Lipinski definition) is 1. The molecule has 0 aliphatic rings. The van der Waals surface area contributed by atoms with E-state index in [1.165, 1.54) is 36.2 Å². The lowest BCUT2D eigenvalue weighted by Crippen LogP contribution is -2.52. The molecular formula is C23H29Cl2N3O4S. The van der Waals surface area contributed by atoms with Crippen molar-refractivity contribution < 1.29 is 18.0 Å². The van der Waals surface area contributed by atoms with Gasteiger partial charge in [-0.05, 0) is 56.2 Å². The lowest BCUT2D eigenvalue weighted by molar-refractivity contribution is -0.141. The van der Waals surface area contributed by atoms with Crippen molar-refractivity contribution in [3.05, 3.63) is 64.1 Å². The SMILES string of the molecule is CC[C@@H](C(=O)NC(C)C)N(Cc1ccccc1Cl)C(=O)CN(C)S(=O)(=O)c1ccc(Cl)cc1. The highest BCUT2D eigenvalue weighted by atomic mass is 35.5. The molecule has 1 N–H and O–H groups in total. The lowest BCUT2D eigenvalue weighted by Gasteiger charge is -2.32. The Balaban J connectivity index is 2.34. The molecule has 10 heteroatoms. The first kappa shape index (κ1) is 27.1. The molecule has 0 saturated heterocycles. The molecule has 0 aromatic heterocycles. The number of carbonyl (C=O) groups excluding carboxylic acids is 2. The number of benzene rings is 2. The first-order chi connectivity index (χ1) is 15.5. The molecule has 0 aliphatic heterocycles. The van der Waals surface area contributed by atoms with E-state index in [2.05, 4.69) is 5.32 Å². The Morgan fingerprint density at radius 2 is 1.64 bits per heavy atom. The van der Waals surface area contributed by atoms with E-state index in [1.54, 1.807) is 31.2 Å². The fourth-order valence-electron chi connectivity index (χ4n) is 3.26. The Hall–Kier alpha value is -2.13. The molecule has 2 aromatic rings. The third-order valence-corrected chi connectivity index (χ3v) is 7.43. The van der Waals surface area contributed by atoms with Gasteiger partial charge in [-0.15, -0.1) is 0 Å². The van der Waals surface area contributed by atoms with Crippen LogP contribution >= 0.6 is 23.2 Å². The zero-order valence-corrected chi connectivity index (χ0v) is 21.4. The van der Waals surface area contributed by atoms with Crippen LogP contribution in [0.15, 0.2) is 53.4 Å². The molecule has 0 saturated carbocycles. The second kappa shape index (κ2) is 11.8. The summed E-state index contributed by atoms with van der Waals surface area (Å²) in [6.45, 7) is 5.08. The normalized spacial score (nSPS) is 12.6. The van der Waals surface area contributed by atoms with Gasteiger partial charge >= 0.3 is 0 Å². The van der Waals surface area contributed by atoms with Crippen molar-refractivity contribution in [1.29, 1.82) is 0 Å². The van der Waals surface area contributed by atoms with Crippen LogP contribution in [-0.2, 0) is 26.2 Å². The fraction of sp³-hybridized carbons (Fsp3) is 0.391. The minimum Gasteiger partial charge on any atom is -0.352 e. The molecule has 7 nitrogen and oxygen atoms in total. The molecule has 0 unspecified atom stereocenters. The monoisotopic (exact) mass is 513 g/mol. The zero-order chi connectivity index (χ0) is 24.8. The summed E-state index contributed by atoms with van der Waals surface area (Å²) in [6, 6.07) is 11.8. The van der Waals surface area contributed by atoms with Crippen LogP contribution in [0.5, 0.6) is 0 Å². The van der Waals surface area contributed by atoms with Gasteiger partial charge in [-0.3, -0.25) is 9.59 Å². The summed E-state index contributed by atoms with van der Waals surface area (Å²) in [4.78, 5) is 27.6. The zero-order valence-electron chi connectivity index (χ0n) is 19.1. The maximum absolute atomic E-state index is 13.4. The Kier molecular flexibility index (Phi) is 9.72. The van der Waals surface area contributed by atoms with E-state index in [1.807, 2.05) is 13.8 Å². The summed E-state index contributed by atoms with van der Waals surface area (Å²) >= 11 is 12.2. The quantitative estimate of drug-likeness (QED) is 0.521. The smallest absolute Gasteiger partial charge is 0.243 e. The Morgan fingerprint density at radius 1 is 1.03 bits per heavy atom. The largest absolute Gasteiger partial charge is 0.352 e. The van der Waals surface area contributed by atoms with Crippen LogP contribution in [0.25, 0.3) is 0 Å². The highest BCUT2D eigenvalue weighted by Gasteiger charge is 2.32. The van der Waals surface area contributed by atoms with Crippen LogP contribution in [0.4, 0.5) is 0 Å². The maximum atomic E-state index is 13.4. The molecular weight excluding hydrogens is 485 g/mol. The van der Waals surface area contributed by atoms with E-state index in [-0.39, 0.29) is 23.4 Å². The van der Waals surface area contributed by atoms with Crippen molar-refractivity contribution >= 4 is 45.0 Å². The van der Waals surface area contributed by atoms with Gasteiger partial charge < -0.3 is 10.2 Å². The number of nitrogens with zero attached hydrogens (tertiary/aromatic N) is 2. The second-order valence-electron chi connectivity index (χ2n) is 7.92. The molecule has 0 heterocycles. The van der Waals surface area contributed by atoms with Gasteiger partial charge in [0.1, 0.15) is 6.04 Å². The number of carbonyl (C=O) groups is 2. The van der Waals surface area contributed by atoms with Crippen LogP contribution < -0.4 is 5.32 Å². The summed E-state index contributed by atoms with van der Waals surface area (Å²) in [5, 5.41) is 3.69. The number of halogens is 2. The molecule has 2 amide bonds. The van der Waals surface area contributed by atoms with Crippen molar-refractivity contribution in [1.82, 2.24) is 14.5 Å². The van der Waals surface area contributed by atoms with Gasteiger partial charge in [0.05, 0.1) is 11.4 Å². The summed E-state index contributed by atoms with van der Waals surface area (Å²) in [7, 11) is -2.61. The van der Waals surface area contributed by atoms with E-state index in [0.29, 0.717) is 22.0 Å². The molecule has 0 spiro atoms. The van der Waals surface area contributed by atoms with E-state index >= 15 is 0 Å². The predicted molar refractivity (Wildman–Crippen MR) is 131 cm³/mol. The summed E-state index contributed by atoms with van der Waals surface area (Å²) in [5.74, 6) is -0.822. The first-order valence-corrected chi connectivity index (χ1v) is 12.7. The van der Waals surface area contributed by atoms with Crippen LogP contribution in [0, 0.1) is 0 Å². The minimum absolute atomic E-state index is 0.0180. The molecule has 180 valence electrons. The number of sulfonamides is 1. The molecule has 0 radical (unpaired) electrons. The Bertz CT molecular complexity index is 1080. The van der Waals surface area contributed by atoms with Crippen LogP contribution in [0.2, 0.25) is 10.0 Å². The van der Waals surface area contributed by atoms with Crippen LogP contribution in [0.1, 0.15) is 32.8 Å². The highest BCUT2D eigenvalue weighted by molar-refractivity contribution is 7.89. The van der Waals surface area contributed by atoms with E-state index in [4.69, 9.17) is 23.2 Å². The molecule has 2 rings (SSSR count). The Labute approximate surface area is 205 Å². The summed E-state index contributed by atoms with van der Waals surface area (Å²) in [5.41, 5.74) is 0.659. The van der Waals surface area contributed by atoms with E-state index in [9.17, 15) is 18.0 Å². The van der Waals surface area contributed by atoms with Crippen molar-refractivity contribution in [3.63, 3.8) is 0 Å². The second-order valence-corrected chi connectivity index (χ2v) is 10.8. The number of hydrogen-bond acceptors (Lipinski definition) is 4. The fourth-order valence-corrected chi connectivity index (χ4v) is 4.70. The number of likely N-dealkylation sites (N-methyl/N-ethyl adjacent to an activating group) is 1. The summed E-state index contributed by atoms with van der Waals surface area (Å²) in [6.07, 6.45) is 0.350.